The Labute approximate surface area is 151 Å². The molecule has 0 aliphatic carbocycles. The Hall–Kier alpha value is -2.37. The Morgan fingerprint density at radius 2 is 1.92 bits per heavy atom. The first kappa shape index (κ1) is 17.5. The number of carbonyl (C=O) groups excluding carboxylic acids is 2. The van der Waals surface area contributed by atoms with Crippen LogP contribution < -0.4 is 10.6 Å². The number of hydrogen-bond acceptors (Lipinski definition) is 3. The van der Waals surface area contributed by atoms with E-state index in [4.69, 9.17) is 16.3 Å². The fraction of sp³-hybridized carbons (Fsp3) is 0.263. The predicted octanol–water partition coefficient (Wildman–Crippen LogP) is 2.67. The zero-order chi connectivity index (χ0) is 17.8. The van der Waals surface area contributed by atoms with E-state index in [1.54, 1.807) is 31.4 Å². The van der Waals surface area contributed by atoms with E-state index in [1.165, 1.54) is 0 Å². The third kappa shape index (κ3) is 3.67. The fourth-order valence-electron chi connectivity index (χ4n) is 3.08. The van der Waals surface area contributed by atoms with Crippen LogP contribution >= 0.6 is 11.6 Å². The number of rotatable bonds is 5. The summed E-state index contributed by atoms with van der Waals surface area (Å²) in [5.41, 5.74) is 2.08. The molecule has 0 saturated carbocycles. The van der Waals surface area contributed by atoms with Crippen molar-refractivity contribution in [1.82, 2.24) is 10.6 Å². The molecule has 6 heteroatoms. The first-order chi connectivity index (χ1) is 12.1. The standard InChI is InChI=1S/C19H19ClN2O3/c1-25-11-10-21-19(24)16-14-4-2-3-5-15(14)18(23)22-17(16)12-6-8-13(20)9-7-12/h2-9,16-17H,10-11H2,1H3,(H,21,24)(H,22,23). The van der Waals surface area contributed by atoms with E-state index in [0.29, 0.717) is 23.7 Å². The smallest absolute Gasteiger partial charge is 0.252 e. The molecule has 2 amide bonds. The number of carbonyl (C=O) groups is 2. The van der Waals surface area contributed by atoms with Gasteiger partial charge in [0.15, 0.2) is 0 Å². The predicted molar refractivity (Wildman–Crippen MR) is 95.7 cm³/mol. The van der Waals surface area contributed by atoms with Crippen LogP contribution in [0, 0.1) is 0 Å². The minimum absolute atomic E-state index is 0.149. The van der Waals surface area contributed by atoms with Gasteiger partial charge in [-0.05, 0) is 29.3 Å². The summed E-state index contributed by atoms with van der Waals surface area (Å²) in [6, 6.07) is 13.9. The normalized spacial score (nSPS) is 19.0. The van der Waals surface area contributed by atoms with Gasteiger partial charge < -0.3 is 15.4 Å². The van der Waals surface area contributed by atoms with E-state index in [0.717, 1.165) is 11.1 Å². The molecule has 2 aromatic rings. The van der Waals surface area contributed by atoms with Gasteiger partial charge in [0.05, 0.1) is 18.6 Å². The number of halogens is 1. The molecule has 2 atom stereocenters. The summed E-state index contributed by atoms with van der Waals surface area (Å²) in [6.45, 7) is 0.841. The first-order valence-electron chi connectivity index (χ1n) is 8.03. The molecule has 2 unspecified atom stereocenters. The summed E-state index contributed by atoms with van der Waals surface area (Å²) >= 11 is 5.96. The largest absolute Gasteiger partial charge is 0.383 e. The minimum Gasteiger partial charge on any atom is -0.383 e. The van der Waals surface area contributed by atoms with Crippen molar-refractivity contribution < 1.29 is 14.3 Å². The van der Waals surface area contributed by atoms with E-state index < -0.39 is 12.0 Å². The maximum atomic E-state index is 12.8. The highest BCUT2D eigenvalue weighted by Gasteiger charge is 2.38. The SMILES string of the molecule is COCCNC(=O)C1c2ccccc2C(=O)NC1c1ccc(Cl)cc1. The lowest BCUT2D eigenvalue weighted by atomic mass is 9.80. The lowest BCUT2D eigenvalue weighted by molar-refractivity contribution is -0.123. The molecule has 0 saturated heterocycles. The zero-order valence-corrected chi connectivity index (χ0v) is 14.5. The summed E-state index contributed by atoms with van der Waals surface area (Å²) in [5, 5.41) is 6.44. The van der Waals surface area contributed by atoms with Gasteiger partial charge in [-0.25, -0.2) is 0 Å². The van der Waals surface area contributed by atoms with Crippen LogP contribution in [0.3, 0.4) is 0 Å². The highest BCUT2D eigenvalue weighted by Crippen LogP contribution is 2.37. The van der Waals surface area contributed by atoms with Crippen LogP contribution in [-0.2, 0) is 9.53 Å². The van der Waals surface area contributed by atoms with Crippen LogP contribution in [0.15, 0.2) is 48.5 Å². The van der Waals surface area contributed by atoms with Crippen molar-refractivity contribution in [2.45, 2.75) is 12.0 Å². The molecule has 2 N–H and O–H groups in total. The van der Waals surface area contributed by atoms with E-state index >= 15 is 0 Å². The van der Waals surface area contributed by atoms with Gasteiger partial charge in [-0.3, -0.25) is 9.59 Å². The summed E-state index contributed by atoms with van der Waals surface area (Å²) in [6.07, 6.45) is 0. The third-order valence-corrected chi connectivity index (χ3v) is 4.53. The highest BCUT2D eigenvalue weighted by atomic mass is 35.5. The summed E-state index contributed by atoms with van der Waals surface area (Å²) in [7, 11) is 1.58. The maximum absolute atomic E-state index is 12.8. The molecule has 1 aliphatic heterocycles. The minimum atomic E-state index is -0.521. The number of methoxy groups -OCH3 is 1. The second-order valence-corrected chi connectivity index (χ2v) is 6.29. The average molecular weight is 359 g/mol. The molecular formula is C19H19ClN2O3. The van der Waals surface area contributed by atoms with Crippen molar-refractivity contribution in [2.24, 2.45) is 0 Å². The molecule has 0 aromatic heterocycles. The van der Waals surface area contributed by atoms with Gasteiger partial charge in [-0.1, -0.05) is 41.9 Å². The van der Waals surface area contributed by atoms with E-state index in [2.05, 4.69) is 10.6 Å². The lowest BCUT2D eigenvalue weighted by Gasteiger charge is -2.33. The summed E-state index contributed by atoms with van der Waals surface area (Å²) in [5.74, 6) is -0.854. The Bertz CT molecular complexity index is 776. The third-order valence-electron chi connectivity index (χ3n) is 4.28. The maximum Gasteiger partial charge on any atom is 0.252 e. The van der Waals surface area contributed by atoms with Crippen LogP contribution in [-0.4, -0.2) is 32.1 Å². The molecule has 0 bridgehead atoms. The number of benzene rings is 2. The zero-order valence-electron chi connectivity index (χ0n) is 13.8. The molecule has 130 valence electrons. The van der Waals surface area contributed by atoms with Crippen LogP contribution in [0.4, 0.5) is 0 Å². The van der Waals surface area contributed by atoms with Crippen molar-refractivity contribution in [2.75, 3.05) is 20.3 Å². The van der Waals surface area contributed by atoms with Gasteiger partial charge in [0.25, 0.3) is 5.91 Å². The molecule has 1 aliphatic rings. The first-order valence-corrected chi connectivity index (χ1v) is 8.41. The summed E-state index contributed by atoms with van der Waals surface area (Å²) in [4.78, 5) is 25.3. The van der Waals surface area contributed by atoms with E-state index in [1.807, 2.05) is 24.3 Å². The van der Waals surface area contributed by atoms with Crippen molar-refractivity contribution in [1.29, 1.82) is 0 Å². The van der Waals surface area contributed by atoms with Crippen LogP contribution in [0.2, 0.25) is 5.02 Å². The molecule has 0 fully saturated rings. The molecule has 0 spiro atoms. The van der Waals surface area contributed by atoms with Gasteiger partial charge in [0, 0.05) is 24.2 Å². The van der Waals surface area contributed by atoms with Crippen molar-refractivity contribution in [3.63, 3.8) is 0 Å². The number of ether oxygens (including phenoxy) is 1. The van der Waals surface area contributed by atoms with Crippen LogP contribution in [0.1, 0.15) is 33.4 Å². The van der Waals surface area contributed by atoms with Gasteiger partial charge in [0.2, 0.25) is 5.91 Å². The molecule has 5 nitrogen and oxygen atoms in total. The average Bonchev–Trinajstić information content (AvgIpc) is 2.62. The molecule has 2 aromatic carbocycles. The monoisotopic (exact) mass is 358 g/mol. The van der Waals surface area contributed by atoms with E-state index in [9.17, 15) is 9.59 Å². The molecular weight excluding hydrogens is 340 g/mol. The van der Waals surface area contributed by atoms with E-state index in [-0.39, 0.29) is 11.8 Å². The lowest BCUT2D eigenvalue weighted by Crippen LogP contribution is -2.45. The van der Waals surface area contributed by atoms with Crippen molar-refractivity contribution >= 4 is 23.4 Å². The molecule has 1 heterocycles. The second kappa shape index (κ2) is 7.68. The van der Waals surface area contributed by atoms with Gasteiger partial charge in [0.1, 0.15) is 0 Å². The van der Waals surface area contributed by atoms with Crippen LogP contribution in [0.5, 0.6) is 0 Å². The number of hydrogen-bond donors (Lipinski definition) is 2. The molecule has 0 radical (unpaired) electrons. The van der Waals surface area contributed by atoms with Gasteiger partial charge in [-0.15, -0.1) is 0 Å². The Morgan fingerprint density at radius 1 is 1.20 bits per heavy atom. The quantitative estimate of drug-likeness (QED) is 0.807. The topological polar surface area (TPSA) is 67.4 Å². The Balaban J connectivity index is 1.99. The van der Waals surface area contributed by atoms with Crippen LogP contribution in [0.25, 0.3) is 0 Å². The van der Waals surface area contributed by atoms with Crippen molar-refractivity contribution in [3.05, 3.63) is 70.2 Å². The number of amides is 2. The molecule has 3 rings (SSSR count). The number of nitrogens with one attached hydrogen (secondary N) is 2. The van der Waals surface area contributed by atoms with Gasteiger partial charge >= 0.3 is 0 Å². The fourth-order valence-corrected chi connectivity index (χ4v) is 3.21. The number of fused-ring (bicyclic) bond motifs is 1. The Kier molecular flexibility index (Phi) is 5.36. The molecule has 25 heavy (non-hydrogen) atoms. The van der Waals surface area contributed by atoms with Gasteiger partial charge in [-0.2, -0.15) is 0 Å². The van der Waals surface area contributed by atoms with Crippen molar-refractivity contribution in [3.8, 4) is 0 Å². The highest BCUT2D eigenvalue weighted by molar-refractivity contribution is 6.30. The second-order valence-electron chi connectivity index (χ2n) is 5.85. The Morgan fingerprint density at radius 3 is 2.64 bits per heavy atom. The summed E-state index contributed by atoms with van der Waals surface area (Å²) < 4.78 is 4.99.